The number of rotatable bonds is 5. The number of halogens is 1. The lowest BCUT2D eigenvalue weighted by Crippen LogP contribution is -2.51. The van der Waals surface area contributed by atoms with Crippen molar-refractivity contribution in [3.8, 4) is 0 Å². The summed E-state index contributed by atoms with van der Waals surface area (Å²) in [5, 5.41) is 0.644. The molecule has 0 N–H and O–H groups in total. The Balaban J connectivity index is 1.57. The van der Waals surface area contributed by atoms with E-state index < -0.39 is 10.0 Å². The summed E-state index contributed by atoms with van der Waals surface area (Å²) in [6.07, 6.45) is 1.16. The number of para-hydroxylation sites is 1. The van der Waals surface area contributed by atoms with E-state index in [-0.39, 0.29) is 24.1 Å². The minimum atomic E-state index is -3.52. The number of nitrogens with zero attached hydrogens (tertiary/aromatic N) is 3. The van der Waals surface area contributed by atoms with Gasteiger partial charge in [-0.15, -0.1) is 0 Å². The summed E-state index contributed by atoms with van der Waals surface area (Å²) in [5.41, 5.74) is 0.899. The van der Waals surface area contributed by atoms with Crippen LogP contribution >= 0.6 is 11.6 Å². The lowest BCUT2D eigenvalue weighted by molar-refractivity contribution is -0.147. The summed E-state index contributed by atoms with van der Waals surface area (Å²) in [4.78, 5) is 26.8. The Morgan fingerprint density at radius 1 is 0.962 bits per heavy atom. The first kappa shape index (κ1) is 19.1. The number of hydrogen-bond acceptors (Lipinski definition) is 5. The predicted octanol–water partition coefficient (Wildman–Crippen LogP) is 1.33. The molecular weight excluding hydrogens is 378 g/mol. The molecule has 9 heteroatoms. The molecule has 2 aliphatic rings. The molecule has 2 saturated heterocycles. The van der Waals surface area contributed by atoms with Gasteiger partial charge in [0.15, 0.2) is 0 Å². The van der Waals surface area contributed by atoms with Gasteiger partial charge in [-0.1, -0.05) is 23.7 Å². The molecule has 2 heterocycles. The van der Waals surface area contributed by atoms with Crippen LogP contribution in [0.5, 0.6) is 0 Å². The van der Waals surface area contributed by atoms with E-state index in [1.54, 1.807) is 0 Å². The summed E-state index contributed by atoms with van der Waals surface area (Å²) in [7, 11) is -3.52. The van der Waals surface area contributed by atoms with Gasteiger partial charge < -0.3 is 4.90 Å². The van der Waals surface area contributed by atoms with Crippen LogP contribution in [-0.4, -0.2) is 67.9 Å². The largest absolute Gasteiger partial charge is 0.368 e. The minimum Gasteiger partial charge on any atom is -0.368 e. The van der Waals surface area contributed by atoms with Crippen molar-refractivity contribution in [3.05, 3.63) is 29.3 Å². The number of anilines is 1. The third-order valence-electron chi connectivity index (χ3n) is 4.78. The molecule has 0 spiro atoms. The van der Waals surface area contributed by atoms with Crippen molar-refractivity contribution in [2.75, 3.05) is 43.4 Å². The summed E-state index contributed by atoms with van der Waals surface area (Å²) in [6, 6.07) is 7.49. The molecule has 1 aromatic rings. The number of imide groups is 1. The SMILES string of the molecule is O=C1CCCC(=O)N1CCS(=O)(=O)N1CCN(c2ccccc2Cl)CC1. The fourth-order valence-corrected chi connectivity index (χ4v) is 4.95. The van der Waals surface area contributed by atoms with Crippen molar-refractivity contribution in [1.29, 1.82) is 0 Å². The maximum absolute atomic E-state index is 12.6. The van der Waals surface area contributed by atoms with Gasteiger partial charge in [-0.3, -0.25) is 14.5 Å². The van der Waals surface area contributed by atoms with Crippen LogP contribution in [0.15, 0.2) is 24.3 Å². The van der Waals surface area contributed by atoms with E-state index in [1.807, 2.05) is 24.3 Å². The van der Waals surface area contributed by atoms with Crippen LogP contribution in [0.2, 0.25) is 5.02 Å². The number of benzene rings is 1. The Morgan fingerprint density at radius 3 is 2.19 bits per heavy atom. The lowest BCUT2D eigenvalue weighted by Gasteiger charge is -2.36. The molecule has 7 nitrogen and oxygen atoms in total. The molecule has 142 valence electrons. The van der Waals surface area contributed by atoms with Crippen molar-refractivity contribution in [2.24, 2.45) is 0 Å². The zero-order chi connectivity index (χ0) is 18.7. The second-order valence-electron chi connectivity index (χ2n) is 6.45. The molecule has 0 radical (unpaired) electrons. The van der Waals surface area contributed by atoms with E-state index in [9.17, 15) is 18.0 Å². The topological polar surface area (TPSA) is 78.0 Å². The van der Waals surface area contributed by atoms with Gasteiger partial charge in [-0.2, -0.15) is 4.31 Å². The predicted molar refractivity (Wildman–Crippen MR) is 99.6 cm³/mol. The van der Waals surface area contributed by atoms with Crippen molar-refractivity contribution in [3.63, 3.8) is 0 Å². The smallest absolute Gasteiger partial charge is 0.229 e. The Bertz CT molecular complexity index is 775. The number of hydrogen-bond donors (Lipinski definition) is 0. The van der Waals surface area contributed by atoms with Gasteiger partial charge in [0.25, 0.3) is 0 Å². The first-order valence-electron chi connectivity index (χ1n) is 8.69. The standard InChI is InChI=1S/C17H22ClN3O4S/c18-14-4-1-2-5-15(14)19-8-10-20(11-9-19)26(24,25)13-12-21-16(22)6-3-7-17(21)23/h1-2,4-5H,3,6-13H2. The molecule has 2 fully saturated rings. The van der Waals surface area contributed by atoms with Gasteiger partial charge in [-0.25, -0.2) is 8.42 Å². The van der Waals surface area contributed by atoms with Crippen molar-refractivity contribution in [1.82, 2.24) is 9.21 Å². The molecule has 2 aliphatic heterocycles. The van der Waals surface area contributed by atoms with Gasteiger partial charge >= 0.3 is 0 Å². The second-order valence-corrected chi connectivity index (χ2v) is 8.94. The minimum absolute atomic E-state index is 0.0648. The average molecular weight is 400 g/mol. The molecule has 0 aliphatic carbocycles. The Labute approximate surface area is 158 Å². The molecule has 2 amide bonds. The highest BCUT2D eigenvalue weighted by Crippen LogP contribution is 2.26. The second kappa shape index (κ2) is 7.94. The molecular formula is C17H22ClN3O4S. The number of piperidine rings is 1. The highest BCUT2D eigenvalue weighted by Gasteiger charge is 2.31. The van der Waals surface area contributed by atoms with Crippen LogP contribution in [0.3, 0.4) is 0 Å². The molecule has 0 atom stereocenters. The molecule has 26 heavy (non-hydrogen) atoms. The van der Waals surface area contributed by atoms with Crippen LogP contribution in [0, 0.1) is 0 Å². The molecule has 1 aromatic carbocycles. The van der Waals surface area contributed by atoms with Gasteiger partial charge in [0.05, 0.1) is 16.5 Å². The van der Waals surface area contributed by atoms with Gasteiger partial charge in [0, 0.05) is 45.6 Å². The molecule has 0 aromatic heterocycles. The zero-order valence-electron chi connectivity index (χ0n) is 14.4. The normalized spacial score (nSPS) is 19.9. The number of piperazine rings is 1. The highest BCUT2D eigenvalue weighted by molar-refractivity contribution is 7.89. The van der Waals surface area contributed by atoms with E-state index in [0.29, 0.717) is 50.5 Å². The van der Waals surface area contributed by atoms with E-state index in [0.717, 1.165) is 10.6 Å². The van der Waals surface area contributed by atoms with E-state index in [1.165, 1.54) is 4.31 Å². The maximum atomic E-state index is 12.6. The number of sulfonamides is 1. The number of amides is 2. The van der Waals surface area contributed by atoms with Crippen LogP contribution in [0.4, 0.5) is 5.69 Å². The quantitative estimate of drug-likeness (QED) is 0.698. The highest BCUT2D eigenvalue weighted by atomic mass is 35.5. The first-order chi connectivity index (χ1) is 12.4. The fraction of sp³-hybridized carbons (Fsp3) is 0.529. The van der Waals surface area contributed by atoms with Crippen molar-refractivity contribution in [2.45, 2.75) is 19.3 Å². The van der Waals surface area contributed by atoms with E-state index in [2.05, 4.69) is 4.90 Å². The molecule has 0 unspecified atom stereocenters. The number of carbonyl (C=O) groups is 2. The van der Waals surface area contributed by atoms with Gasteiger partial charge in [-0.05, 0) is 18.6 Å². The van der Waals surface area contributed by atoms with Crippen molar-refractivity contribution >= 4 is 39.1 Å². The third kappa shape index (κ3) is 4.19. The Kier molecular flexibility index (Phi) is 5.84. The summed E-state index contributed by atoms with van der Waals surface area (Å²) >= 11 is 6.20. The molecule has 3 rings (SSSR count). The Hall–Kier alpha value is -1.64. The van der Waals surface area contributed by atoms with Crippen LogP contribution in [-0.2, 0) is 19.6 Å². The summed E-state index contributed by atoms with van der Waals surface area (Å²) < 4.78 is 26.6. The van der Waals surface area contributed by atoms with Gasteiger partial charge in [0.2, 0.25) is 21.8 Å². The summed E-state index contributed by atoms with van der Waals surface area (Å²) in [5.74, 6) is -0.781. The average Bonchev–Trinajstić information content (AvgIpc) is 2.62. The van der Waals surface area contributed by atoms with E-state index in [4.69, 9.17) is 11.6 Å². The van der Waals surface area contributed by atoms with E-state index >= 15 is 0 Å². The molecule has 0 saturated carbocycles. The first-order valence-corrected chi connectivity index (χ1v) is 10.7. The van der Waals surface area contributed by atoms with Crippen LogP contribution in [0.1, 0.15) is 19.3 Å². The van der Waals surface area contributed by atoms with Crippen LogP contribution < -0.4 is 4.90 Å². The molecule has 0 bridgehead atoms. The van der Waals surface area contributed by atoms with Crippen molar-refractivity contribution < 1.29 is 18.0 Å². The lowest BCUT2D eigenvalue weighted by atomic mass is 10.1. The van der Waals surface area contributed by atoms with Gasteiger partial charge in [0.1, 0.15) is 0 Å². The third-order valence-corrected chi connectivity index (χ3v) is 6.95. The van der Waals surface area contributed by atoms with Crippen LogP contribution in [0.25, 0.3) is 0 Å². The number of likely N-dealkylation sites (tertiary alicyclic amines) is 1. The fourth-order valence-electron chi connectivity index (χ4n) is 3.30. The number of carbonyl (C=O) groups excluding carboxylic acids is 2. The maximum Gasteiger partial charge on any atom is 0.229 e. The Morgan fingerprint density at radius 2 is 1.58 bits per heavy atom. The summed E-state index contributed by atoms with van der Waals surface area (Å²) in [6.45, 7) is 1.74. The zero-order valence-corrected chi connectivity index (χ0v) is 16.0. The monoisotopic (exact) mass is 399 g/mol.